The van der Waals surface area contributed by atoms with Gasteiger partial charge in [-0.05, 0) is 32.4 Å². The lowest BCUT2D eigenvalue weighted by atomic mass is 10.1. The standard InChI is InChI=1S/C20H31N3O4S/c1-4-5-6-7-16(2)21-20(25)22-12-14-23(15-13-22)28(26,27)19-10-8-18(9-11-19)17(3)24/h8-11,16H,4-7,12-15H2,1-3H3,(H,21,25). The highest BCUT2D eigenvalue weighted by Crippen LogP contribution is 2.18. The molecule has 1 aromatic carbocycles. The van der Waals surface area contributed by atoms with Crippen molar-refractivity contribution in [3.8, 4) is 0 Å². The monoisotopic (exact) mass is 409 g/mol. The molecule has 8 heteroatoms. The molecule has 1 fully saturated rings. The molecule has 156 valence electrons. The van der Waals surface area contributed by atoms with Gasteiger partial charge in [0, 0.05) is 37.8 Å². The van der Waals surface area contributed by atoms with Crippen molar-refractivity contribution in [3.63, 3.8) is 0 Å². The third-order valence-corrected chi connectivity index (χ3v) is 6.95. The Labute approximate surface area is 168 Å². The van der Waals surface area contributed by atoms with Crippen LogP contribution in [0.4, 0.5) is 4.79 Å². The Kier molecular flexibility index (Phi) is 8.00. The van der Waals surface area contributed by atoms with E-state index in [0.717, 1.165) is 25.7 Å². The largest absolute Gasteiger partial charge is 0.336 e. The van der Waals surface area contributed by atoms with E-state index in [2.05, 4.69) is 12.2 Å². The number of hydrogen-bond donors (Lipinski definition) is 1. The molecule has 1 N–H and O–H groups in total. The van der Waals surface area contributed by atoms with Gasteiger partial charge in [0.2, 0.25) is 10.0 Å². The summed E-state index contributed by atoms with van der Waals surface area (Å²) in [5.74, 6) is -0.104. The van der Waals surface area contributed by atoms with E-state index in [1.54, 1.807) is 4.90 Å². The molecule has 1 aliphatic rings. The number of hydrogen-bond acceptors (Lipinski definition) is 4. The molecule has 1 aromatic rings. The van der Waals surface area contributed by atoms with E-state index in [1.807, 2.05) is 6.92 Å². The molecule has 0 spiro atoms. The number of rotatable bonds is 8. The van der Waals surface area contributed by atoms with Crippen LogP contribution in [-0.2, 0) is 10.0 Å². The maximum absolute atomic E-state index is 12.8. The first kappa shape index (κ1) is 22.4. The van der Waals surface area contributed by atoms with Gasteiger partial charge in [-0.25, -0.2) is 13.2 Å². The maximum atomic E-state index is 12.8. The highest BCUT2D eigenvalue weighted by molar-refractivity contribution is 7.89. The van der Waals surface area contributed by atoms with Crippen molar-refractivity contribution in [2.24, 2.45) is 0 Å². The van der Waals surface area contributed by atoms with Crippen LogP contribution < -0.4 is 5.32 Å². The van der Waals surface area contributed by atoms with Gasteiger partial charge in [0.1, 0.15) is 0 Å². The molecule has 0 aliphatic carbocycles. The van der Waals surface area contributed by atoms with E-state index in [9.17, 15) is 18.0 Å². The zero-order chi connectivity index (χ0) is 20.7. The van der Waals surface area contributed by atoms with E-state index >= 15 is 0 Å². The summed E-state index contributed by atoms with van der Waals surface area (Å²) in [6, 6.07) is 5.96. The number of piperazine rings is 1. The summed E-state index contributed by atoms with van der Waals surface area (Å²) >= 11 is 0. The minimum atomic E-state index is -3.63. The van der Waals surface area contributed by atoms with Crippen molar-refractivity contribution in [3.05, 3.63) is 29.8 Å². The Morgan fingerprint density at radius 2 is 1.68 bits per heavy atom. The average Bonchev–Trinajstić information content (AvgIpc) is 2.68. The van der Waals surface area contributed by atoms with Gasteiger partial charge in [-0.1, -0.05) is 38.3 Å². The Hall–Kier alpha value is -1.93. The predicted molar refractivity (Wildman–Crippen MR) is 109 cm³/mol. The summed E-state index contributed by atoms with van der Waals surface area (Å²) in [7, 11) is -3.63. The molecule has 1 saturated heterocycles. The smallest absolute Gasteiger partial charge is 0.317 e. The first-order valence-electron chi connectivity index (χ1n) is 9.92. The second-order valence-electron chi connectivity index (χ2n) is 7.32. The third-order valence-electron chi connectivity index (χ3n) is 5.04. The number of ketones is 1. The molecule has 0 aromatic heterocycles. The molecule has 0 bridgehead atoms. The van der Waals surface area contributed by atoms with E-state index in [0.29, 0.717) is 18.7 Å². The molecule has 0 saturated carbocycles. The summed E-state index contributed by atoms with van der Waals surface area (Å²) in [4.78, 5) is 25.6. The quantitative estimate of drug-likeness (QED) is 0.528. The number of unbranched alkanes of at least 4 members (excludes halogenated alkanes) is 2. The van der Waals surface area contributed by atoms with Gasteiger partial charge in [-0.3, -0.25) is 4.79 Å². The van der Waals surface area contributed by atoms with Crippen LogP contribution in [0.15, 0.2) is 29.2 Å². The normalized spacial score (nSPS) is 16.6. The van der Waals surface area contributed by atoms with Crippen LogP contribution in [0.25, 0.3) is 0 Å². The molecule has 7 nitrogen and oxygen atoms in total. The van der Waals surface area contributed by atoms with Gasteiger partial charge in [0.25, 0.3) is 0 Å². The topological polar surface area (TPSA) is 86.8 Å². The lowest BCUT2D eigenvalue weighted by molar-refractivity contribution is 0.101. The summed E-state index contributed by atoms with van der Waals surface area (Å²) < 4.78 is 27.0. The van der Waals surface area contributed by atoms with Crippen LogP contribution in [0.5, 0.6) is 0 Å². The van der Waals surface area contributed by atoms with Crippen molar-refractivity contribution in [1.29, 1.82) is 0 Å². The van der Waals surface area contributed by atoms with Crippen LogP contribution in [0.1, 0.15) is 56.8 Å². The van der Waals surface area contributed by atoms with Crippen LogP contribution in [-0.4, -0.2) is 61.7 Å². The lowest BCUT2D eigenvalue weighted by Crippen LogP contribution is -2.54. The molecule has 1 aliphatic heterocycles. The highest BCUT2D eigenvalue weighted by Gasteiger charge is 2.30. The maximum Gasteiger partial charge on any atom is 0.317 e. The number of nitrogens with zero attached hydrogens (tertiary/aromatic N) is 2. The SMILES string of the molecule is CCCCCC(C)NC(=O)N1CCN(S(=O)(=O)c2ccc(C(C)=O)cc2)CC1. The van der Waals surface area contributed by atoms with Crippen LogP contribution in [0.3, 0.4) is 0 Å². The Balaban J connectivity index is 1.89. The molecule has 1 heterocycles. The number of urea groups is 1. The number of benzene rings is 1. The molecule has 0 radical (unpaired) electrons. The Morgan fingerprint density at radius 1 is 1.07 bits per heavy atom. The third kappa shape index (κ3) is 5.78. The molecule has 2 rings (SSSR count). The number of sulfonamides is 1. The van der Waals surface area contributed by atoms with Crippen LogP contribution in [0.2, 0.25) is 0 Å². The molecule has 1 atom stereocenters. The van der Waals surface area contributed by atoms with Gasteiger partial charge in [0.15, 0.2) is 5.78 Å². The number of amides is 2. The van der Waals surface area contributed by atoms with Crippen molar-refractivity contribution in [1.82, 2.24) is 14.5 Å². The fourth-order valence-corrected chi connectivity index (χ4v) is 4.64. The van der Waals surface area contributed by atoms with Crippen molar-refractivity contribution < 1.29 is 18.0 Å². The van der Waals surface area contributed by atoms with Crippen LogP contribution >= 0.6 is 0 Å². The molecular formula is C20H31N3O4S. The highest BCUT2D eigenvalue weighted by atomic mass is 32.2. The predicted octanol–water partition coefficient (Wildman–Crippen LogP) is 2.87. The minimum Gasteiger partial charge on any atom is -0.336 e. The fourth-order valence-electron chi connectivity index (χ4n) is 3.22. The van der Waals surface area contributed by atoms with Gasteiger partial charge in [0.05, 0.1) is 4.90 Å². The van der Waals surface area contributed by atoms with Crippen LogP contribution in [0, 0.1) is 0 Å². The summed E-state index contributed by atoms with van der Waals surface area (Å²) in [5, 5.41) is 3.00. The molecular weight excluding hydrogens is 378 g/mol. The van der Waals surface area contributed by atoms with E-state index < -0.39 is 10.0 Å². The van der Waals surface area contributed by atoms with E-state index in [4.69, 9.17) is 0 Å². The summed E-state index contributed by atoms with van der Waals surface area (Å²) in [6.07, 6.45) is 4.34. The number of nitrogens with one attached hydrogen (secondary N) is 1. The molecule has 1 unspecified atom stereocenters. The van der Waals surface area contributed by atoms with E-state index in [1.165, 1.54) is 35.5 Å². The van der Waals surface area contributed by atoms with Gasteiger partial charge in [-0.15, -0.1) is 0 Å². The Bertz CT molecular complexity index is 769. The average molecular weight is 410 g/mol. The van der Waals surface area contributed by atoms with Crippen molar-refractivity contribution in [2.45, 2.75) is 57.4 Å². The molecule has 28 heavy (non-hydrogen) atoms. The van der Waals surface area contributed by atoms with Gasteiger partial charge in [-0.2, -0.15) is 4.31 Å². The zero-order valence-electron chi connectivity index (χ0n) is 17.0. The van der Waals surface area contributed by atoms with Gasteiger partial charge < -0.3 is 10.2 Å². The van der Waals surface area contributed by atoms with Crippen molar-refractivity contribution in [2.75, 3.05) is 26.2 Å². The summed E-state index contributed by atoms with van der Waals surface area (Å²) in [6.45, 7) is 6.82. The van der Waals surface area contributed by atoms with E-state index in [-0.39, 0.29) is 35.8 Å². The fraction of sp³-hybridized carbons (Fsp3) is 0.600. The summed E-state index contributed by atoms with van der Waals surface area (Å²) in [5.41, 5.74) is 0.480. The second-order valence-corrected chi connectivity index (χ2v) is 9.26. The molecule has 2 amide bonds. The number of Topliss-reactive ketones (excluding diaryl/α,β-unsaturated/α-hetero) is 1. The first-order chi connectivity index (χ1) is 13.3. The van der Waals surface area contributed by atoms with Crippen molar-refractivity contribution >= 4 is 21.8 Å². The lowest BCUT2D eigenvalue weighted by Gasteiger charge is -2.34. The Morgan fingerprint density at radius 3 is 2.21 bits per heavy atom. The number of carbonyl (C=O) groups excluding carboxylic acids is 2. The number of carbonyl (C=O) groups is 2. The first-order valence-corrected chi connectivity index (χ1v) is 11.4. The minimum absolute atomic E-state index is 0.104. The van der Waals surface area contributed by atoms with Gasteiger partial charge >= 0.3 is 6.03 Å². The zero-order valence-corrected chi connectivity index (χ0v) is 17.8. The second kappa shape index (κ2) is 10.0.